The number of aromatic amines is 1. The summed E-state index contributed by atoms with van der Waals surface area (Å²) in [5.74, 6) is 0.297. The highest BCUT2D eigenvalue weighted by molar-refractivity contribution is 7.89. The molecule has 2 heterocycles. The lowest BCUT2D eigenvalue weighted by atomic mass is 10.1. The summed E-state index contributed by atoms with van der Waals surface area (Å²) in [5.41, 5.74) is 2.16. The van der Waals surface area contributed by atoms with Crippen molar-refractivity contribution in [3.8, 4) is 11.3 Å². The maximum Gasteiger partial charge on any atom is 0.251 e. The summed E-state index contributed by atoms with van der Waals surface area (Å²) >= 11 is 0. The molecule has 168 valence electrons. The van der Waals surface area contributed by atoms with E-state index in [0.29, 0.717) is 38.5 Å². The summed E-state index contributed by atoms with van der Waals surface area (Å²) in [6.45, 7) is 3.30. The SMILES string of the molecule is CCC(NC(=O)c1cccc(S(=O)(=O)N2CCOCC2)c1)c1ncc(-c2ccccc2)[nH]1. The smallest absolute Gasteiger partial charge is 0.251 e. The van der Waals surface area contributed by atoms with Crippen molar-refractivity contribution < 1.29 is 17.9 Å². The Kier molecular flexibility index (Phi) is 6.69. The Bertz CT molecular complexity index is 1170. The number of hydrogen-bond donors (Lipinski definition) is 2. The van der Waals surface area contributed by atoms with Crippen molar-refractivity contribution in [3.63, 3.8) is 0 Å². The maximum absolute atomic E-state index is 12.9. The van der Waals surface area contributed by atoms with Crippen LogP contribution in [0.4, 0.5) is 0 Å². The Labute approximate surface area is 187 Å². The molecule has 2 N–H and O–H groups in total. The van der Waals surface area contributed by atoms with Crippen LogP contribution in [0.3, 0.4) is 0 Å². The number of carbonyl (C=O) groups is 1. The van der Waals surface area contributed by atoms with Crippen LogP contribution in [0.2, 0.25) is 0 Å². The number of nitrogens with zero attached hydrogens (tertiary/aromatic N) is 2. The van der Waals surface area contributed by atoms with E-state index >= 15 is 0 Å². The minimum atomic E-state index is -3.68. The molecule has 1 fully saturated rings. The zero-order valence-electron chi connectivity index (χ0n) is 17.8. The molecule has 1 aliphatic rings. The van der Waals surface area contributed by atoms with Crippen LogP contribution in [0.1, 0.15) is 35.6 Å². The number of aromatic nitrogens is 2. The van der Waals surface area contributed by atoms with Crippen molar-refractivity contribution in [1.29, 1.82) is 0 Å². The Morgan fingerprint density at radius 3 is 2.62 bits per heavy atom. The molecular formula is C23H26N4O4S. The van der Waals surface area contributed by atoms with E-state index < -0.39 is 10.0 Å². The van der Waals surface area contributed by atoms with E-state index in [9.17, 15) is 13.2 Å². The van der Waals surface area contributed by atoms with Crippen LogP contribution in [0.5, 0.6) is 0 Å². The monoisotopic (exact) mass is 454 g/mol. The number of H-pyrrole nitrogens is 1. The molecule has 1 aliphatic heterocycles. The van der Waals surface area contributed by atoms with Crippen LogP contribution in [0.25, 0.3) is 11.3 Å². The Morgan fingerprint density at radius 1 is 1.16 bits per heavy atom. The number of sulfonamides is 1. The first-order valence-electron chi connectivity index (χ1n) is 10.6. The van der Waals surface area contributed by atoms with Crippen LogP contribution < -0.4 is 5.32 Å². The maximum atomic E-state index is 12.9. The second-order valence-corrected chi connectivity index (χ2v) is 9.46. The van der Waals surface area contributed by atoms with Gasteiger partial charge in [0.15, 0.2) is 0 Å². The van der Waals surface area contributed by atoms with E-state index in [-0.39, 0.29) is 22.4 Å². The van der Waals surface area contributed by atoms with E-state index in [1.165, 1.54) is 16.4 Å². The van der Waals surface area contributed by atoms with Gasteiger partial charge in [-0.05, 0) is 30.2 Å². The van der Waals surface area contributed by atoms with Crippen molar-refractivity contribution >= 4 is 15.9 Å². The fraction of sp³-hybridized carbons (Fsp3) is 0.304. The van der Waals surface area contributed by atoms with Crippen LogP contribution in [0, 0.1) is 0 Å². The van der Waals surface area contributed by atoms with E-state index in [2.05, 4.69) is 15.3 Å². The van der Waals surface area contributed by atoms with E-state index in [0.717, 1.165) is 11.3 Å². The molecule has 0 saturated carbocycles. The predicted molar refractivity (Wildman–Crippen MR) is 121 cm³/mol. The van der Waals surface area contributed by atoms with Gasteiger partial charge in [-0.2, -0.15) is 4.31 Å². The molecular weight excluding hydrogens is 428 g/mol. The first kappa shape index (κ1) is 22.2. The molecule has 4 rings (SSSR count). The van der Waals surface area contributed by atoms with Gasteiger partial charge < -0.3 is 15.0 Å². The molecule has 1 atom stereocenters. The number of ether oxygens (including phenoxy) is 1. The van der Waals surface area contributed by atoms with E-state index in [1.807, 2.05) is 37.3 Å². The minimum absolute atomic E-state index is 0.101. The van der Waals surface area contributed by atoms with Crippen molar-refractivity contribution in [2.45, 2.75) is 24.3 Å². The highest BCUT2D eigenvalue weighted by atomic mass is 32.2. The standard InChI is InChI=1S/C23H26N4O4S/c1-2-20(22-24-16-21(25-22)17-7-4-3-5-8-17)26-23(28)18-9-6-10-19(15-18)32(29,30)27-11-13-31-14-12-27/h3-10,15-16,20H,2,11-14H2,1H3,(H,24,25)(H,26,28). The molecule has 8 nitrogen and oxygen atoms in total. The van der Waals surface area contributed by atoms with Gasteiger partial charge in [-0.15, -0.1) is 0 Å². The van der Waals surface area contributed by atoms with Gasteiger partial charge in [-0.1, -0.05) is 43.3 Å². The molecule has 1 aromatic heterocycles. The normalized spacial score (nSPS) is 15.9. The number of hydrogen-bond acceptors (Lipinski definition) is 5. The van der Waals surface area contributed by atoms with E-state index in [4.69, 9.17) is 4.74 Å². The molecule has 0 spiro atoms. The number of rotatable bonds is 7. The summed E-state index contributed by atoms with van der Waals surface area (Å²) in [6, 6.07) is 15.6. The number of nitrogens with one attached hydrogen (secondary N) is 2. The molecule has 0 bridgehead atoms. The Balaban J connectivity index is 1.51. The Hall–Kier alpha value is -3.01. The van der Waals surface area contributed by atoms with Gasteiger partial charge in [-0.25, -0.2) is 13.4 Å². The summed E-state index contributed by atoms with van der Waals surface area (Å²) in [6.07, 6.45) is 2.37. The lowest BCUT2D eigenvalue weighted by Crippen LogP contribution is -2.40. The summed E-state index contributed by atoms with van der Waals surface area (Å²) < 4.78 is 32.5. The molecule has 0 radical (unpaired) electrons. The van der Waals surface area contributed by atoms with Gasteiger partial charge in [0.05, 0.1) is 36.0 Å². The van der Waals surface area contributed by atoms with Gasteiger partial charge >= 0.3 is 0 Å². The van der Waals surface area contributed by atoms with Crippen molar-refractivity contribution in [2.24, 2.45) is 0 Å². The van der Waals surface area contributed by atoms with Crippen LogP contribution in [-0.2, 0) is 14.8 Å². The Morgan fingerprint density at radius 2 is 1.91 bits per heavy atom. The molecule has 2 aromatic carbocycles. The topological polar surface area (TPSA) is 104 Å². The van der Waals surface area contributed by atoms with Gasteiger partial charge in [0, 0.05) is 18.7 Å². The van der Waals surface area contributed by atoms with Gasteiger partial charge in [0.2, 0.25) is 10.0 Å². The van der Waals surface area contributed by atoms with Gasteiger partial charge in [0.25, 0.3) is 5.91 Å². The van der Waals surface area contributed by atoms with Crippen molar-refractivity contribution in [2.75, 3.05) is 26.3 Å². The van der Waals surface area contributed by atoms with E-state index in [1.54, 1.807) is 18.3 Å². The summed E-state index contributed by atoms with van der Waals surface area (Å²) in [7, 11) is -3.68. The molecule has 3 aromatic rings. The highest BCUT2D eigenvalue weighted by Crippen LogP contribution is 2.22. The summed E-state index contributed by atoms with van der Waals surface area (Å²) in [4.78, 5) is 20.8. The molecule has 32 heavy (non-hydrogen) atoms. The molecule has 0 aliphatic carbocycles. The van der Waals surface area contributed by atoms with Crippen molar-refractivity contribution in [3.05, 3.63) is 72.2 Å². The average molecular weight is 455 g/mol. The predicted octanol–water partition coefficient (Wildman–Crippen LogP) is 2.98. The first-order chi connectivity index (χ1) is 15.5. The fourth-order valence-electron chi connectivity index (χ4n) is 3.62. The van der Waals surface area contributed by atoms with Crippen LogP contribution in [0.15, 0.2) is 65.7 Å². The highest BCUT2D eigenvalue weighted by Gasteiger charge is 2.27. The van der Waals surface area contributed by atoms with Gasteiger partial charge in [-0.3, -0.25) is 4.79 Å². The van der Waals surface area contributed by atoms with Crippen LogP contribution in [-0.4, -0.2) is 54.9 Å². The van der Waals surface area contributed by atoms with Crippen molar-refractivity contribution in [1.82, 2.24) is 19.6 Å². The second-order valence-electron chi connectivity index (χ2n) is 7.53. The molecule has 1 unspecified atom stereocenters. The lowest BCUT2D eigenvalue weighted by Gasteiger charge is -2.26. The quantitative estimate of drug-likeness (QED) is 0.571. The minimum Gasteiger partial charge on any atom is -0.379 e. The second kappa shape index (κ2) is 9.64. The average Bonchev–Trinajstić information content (AvgIpc) is 3.34. The third-order valence-corrected chi connectivity index (χ3v) is 7.32. The largest absolute Gasteiger partial charge is 0.379 e. The fourth-order valence-corrected chi connectivity index (χ4v) is 5.07. The summed E-state index contributed by atoms with van der Waals surface area (Å²) in [5, 5.41) is 2.96. The lowest BCUT2D eigenvalue weighted by molar-refractivity contribution is 0.0730. The van der Waals surface area contributed by atoms with Gasteiger partial charge in [0.1, 0.15) is 5.82 Å². The third-order valence-electron chi connectivity index (χ3n) is 5.43. The zero-order chi connectivity index (χ0) is 22.6. The first-order valence-corrected chi connectivity index (χ1v) is 12.0. The number of carbonyl (C=O) groups excluding carboxylic acids is 1. The zero-order valence-corrected chi connectivity index (χ0v) is 18.6. The number of imidazole rings is 1. The number of amides is 1. The number of benzene rings is 2. The van der Waals surface area contributed by atoms with Crippen LogP contribution >= 0.6 is 0 Å². The molecule has 1 saturated heterocycles. The molecule has 1 amide bonds. The number of morpholine rings is 1. The molecule has 9 heteroatoms. The third kappa shape index (κ3) is 4.74.